The van der Waals surface area contributed by atoms with Gasteiger partial charge in [-0.25, -0.2) is 0 Å². The molecule has 0 bridgehead atoms. The van der Waals surface area contributed by atoms with Crippen molar-refractivity contribution in [2.45, 2.75) is 45.3 Å². The zero-order valence-corrected chi connectivity index (χ0v) is 10.5. The molecule has 3 nitrogen and oxygen atoms in total. The highest BCUT2D eigenvalue weighted by molar-refractivity contribution is 4.81. The summed E-state index contributed by atoms with van der Waals surface area (Å²) in [7, 11) is 2.18. The molecule has 90 valence electrons. The number of nitrogens with zero attached hydrogens (tertiary/aromatic N) is 1. The molecule has 1 N–H and O–H groups in total. The van der Waals surface area contributed by atoms with Crippen molar-refractivity contribution in [1.82, 2.24) is 10.2 Å². The summed E-state index contributed by atoms with van der Waals surface area (Å²) in [4.78, 5) is 2.37. The largest absolute Gasteiger partial charge is 0.374 e. The summed E-state index contributed by atoms with van der Waals surface area (Å²) in [5, 5.41) is 3.56. The Morgan fingerprint density at radius 3 is 2.87 bits per heavy atom. The van der Waals surface area contributed by atoms with Gasteiger partial charge in [0.2, 0.25) is 0 Å². The summed E-state index contributed by atoms with van der Waals surface area (Å²) >= 11 is 0. The van der Waals surface area contributed by atoms with Crippen molar-refractivity contribution in [3.05, 3.63) is 0 Å². The second-order valence-corrected chi connectivity index (χ2v) is 4.48. The van der Waals surface area contributed by atoms with E-state index in [1.807, 2.05) is 0 Å². The molecule has 2 unspecified atom stereocenters. The Bertz CT molecular complexity index is 164. The Morgan fingerprint density at radius 2 is 2.27 bits per heavy atom. The Labute approximate surface area is 94.2 Å². The molecular weight excluding hydrogens is 188 g/mol. The third kappa shape index (κ3) is 4.49. The number of ether oxygens (including phenoxy) is 1. The van der Waals surface area contributed by atoms with Crippen LogP contribution in [-0.4, -0.2) is 50.3 Å². The van der Waals surface area contributed by atoms with E-state index in [0.717, 1.165) is 26.2 Å². The zero-order valence-electron chi connectivity index (χ0n) is 10.5. The van der Waals surface area contributed by atoms with Crippen LogP contribution in [0.2, 0.25) is 0 Å². The lowest BCUT2D eigenvalue weighted by Crippen LogP contribution is -2.51. The summed E-state index contributed by atoms with van der Waals surface area (Å²) in [5.74, 6) is 0. The summed E-state index contributed by atoms with van der Waals surface area (Å²) < 4.78 is 5.86. The first-order valence-electron chi connectivity index (χ1n) is 6.31. The molecule has 1 aliphatic heterocycles. The highest BCUT2D eigenvalue weighted by Gasteiger charge is 2.25. The molecule has 0 aromatic carbocycles. The third-order valence-electron chi connectivity index (χ3n) is 3.08. The van der Waals surface area contributed by atoms with Crippen LogP contribution in [0, 0.1) is 0 Å². The van der Waals surface area contributed by atoms with Crippen LogP contribution >= 0.6 is 0 Å². The van der Waals surface area contributed by atoms with Crippen LogP contribution < -0.4 is 5.32 Å². The van der Waals surface area contributed by atoms with E-state index in [9.17, 15) is 0 Å². The molecule has 1 fully saturated rings. The van der Waals surface area contributed by atoms with Gasteiger partial charge in [0.1, 0.15) is 0 Å². The first-order valence-corrected chi connectivity index (χ1v) is 6.31. The molecule has 0 aliphatic carbocycles. The minimum atomic E-state index is 0.384. The van der Waals surface area contributed by atoms with Crippen LogP contribution in [0.15, 0.2) is 0 Å². The molecule has 0 radical (unpaired) electrons. The molecule has 1 saturated heterocycles. The molecule has 2 atom stereocenters. The van der Waals surface area contributed by atoms with E-state index in [1.165, 1.54) is 19.3 Å². The van der Waals surface area contributed by atoms with E-state index >= 15 is 0 Å². The zero-order chi connectivity index (χ0) is 11.1. The summed E-state index contributed by atoms with van der Waals surface area (Å²) in [6.45, 7) is 8.49. The number of unbranched alkanes of at least 4 members (excludes halogenated alkanes) is 1. The third-order valence-corrected chi connectivity index (χ3v) is 3.08. The molecule has 0 saturated carbocycles. The molecule has 1 aliphatic rings. The van der Waals surface area contributed by atoms with Crippen molar-refractivity contribution < 1.29 is 4.74 Å². The monoisotopic (exact) mass is 214 g/mol. The van der Waals surface area contributed by atoms with Gasteiger partial charge in [0.25, 0.3) is 0 Å². The van der Waals surface area contributed by atoms with Gasteiger partial charge in [-0.2, -0.15) is 0 Å². The van der Waals surface area contributed by atoms with Gasteiger partial charge in [-0.15, -0.1) is 0 Å². The number of likely N-dealkylation sites (N-methyl/N-ethyl adjacent to an activating group) is 2. The predicted molar refractivity (Wildman–Crippen MR) is 64.2 cm³/mol. The average Bonchev–Trinajstić information content (AvgIpc) is 2.24. The van der Waals surface area contributed by atoms with E-state index in [1.54, 1.807) is 0 Å². The van der Waals surface area contributed by atoms with Crippen molar-refractivity contribution in [3.63, 3.8) is 0 Å². The van der Waals surface area contributed by atoms with E-state index < -0.39 is 0 Å². The fourth-order valence-corrected chi connectivity index (χ4v) is 2.16. The number of rotatable bonds is 6. The maximum absolute atomic E-state index is 5.86. The maximum Gasteiger partial charge on any atom is 0.0855 e. The molecule has 1 rings (SSSR count). The second kappa shape index (κ2) is 7.20. The first-order chi connectivity index (χ1) is 7.27. The Morgan fingerprint density at radius 1 is 1.47 bits per heavy atom. The molecule has 0 aromatic heterocycles. The lowest BCUT2D eigenvalue weighted by Gasteiger charge is -2.35. The Balaban J connectivity index is 2.38. The smallest absolute Gasteiger partial charge is 0.0855 e. The highest BCUT2D eigenvalue weighted by atomic mass is 16.5. The SMILES string of the molecule is CCCCC(NCC)C1CN(C)CCO1. The first kappa shape index (κ1) is 12.9. The Kier molecular flexibility index (Phi) is 6.22. The van der Waals surface area contributed by atoms with Gasteiger partial charge in [0.05, 0.1) is 12.7 Å². The number of morpholine rings is 1. The maximum atomic E-state index is 5.86. The molecule has 1 heterocycles. The fourth-order valence-electron chi connectivity index (χ4n) is 2.16. The van der Waals surface area contributed by atoms with Gasteiger partial charge in [-0.1, -0.05) is 26.7 Å². The van der Waals surface area contributed by atoms with Crippen molar-refractivity contribution in [1.29, 1.82) is 0 Å². The molecule has 15 heavy (non-hydrogen) atoms. The highest BCUT2D eigenvalue weighted by Crippen LogP contribution is 2.12. The lowest BCUT2D eigenvalue weighted by atomic mass is 10.0. The summed E-state index contributed by atoms with van der Waals surface area (Å²) in [6, 6.07) is 0.540. The standard InChI is InChI=1S/C12H26N2O/c1-4-6-7-11(13-5-2)12-10-14(3)8-9-15-12/h11-13H,4-10H2,1-3H3. The molecule has 0 spiro atoms. The van der Waals surface area contributed by atoms with Crippen molar-refractivity contribution in [3.8, 4) is 0 Å². The van der Waals surface area contributed by atoms with Crippen LogP contribution in [0.4, 0.5) is 0 Å². The van der Waals surface area contributed by atoms with E-state index in [0.29, 0.717) is 12.1 Å². The number of hydrogen-bond acceptors (Lipinski definition) is 3. The van der Waals surface area contributed by atoms with Gasteiger partial charge in [-0.3, -0.25) is 0 Å². The normalized spacial score (nSPS) is 25.4. The minimum absolute atomic E-state index is 0.384. The van der Waals surface area contributed by atoms with Crippen LogP contribution in [0.5, 0.6) is 0 Å². The van der Waals surface area contributed by atoms with Crippen molar-refractivity contribution in [2.24, 2.45) is 0 Å². The predicted octanol–water partition coefficient (Wildman–Crippen LogP) is 1.49. The number of nitrogens with one attached hydrogen (secondary N) is 1. The lowest BCUT2D eigenvalue weighted by molar-refractivity contribution is -0.0399. The van der Waals surface area contributed by atoms with Gasteiger partial charge in [0.15, 0.2) is 0 Å². The van der Waals surface area contributed by atoms with Crippen LogP contribution in [0.3, 0.4) is 0 Å². The second-order valence-electron chi connectivity index (χ2n) is 4.48. The van der Waals surface area contributed by atoms with Gasteiger partial charge in [0, 0.05) is 19.1 Å². The van der Waals surface area contributed by atoms with Gasteiger partial charge in [-0.05, 0) is 20.0 Å². The van der Waals surface area contributed by atoms with E-state index in [2.05, 4.69) is 31.1 Å². The number of hydrogen-bond donors (Lipinski definition) is 1. The fraction of sp³-hybridized carbons (Fsp3) is 1.00. The van der Waals surface area contributed by atoms with Crippen molar-refractivity contribution in [2.75, 3.05) is 33.3 Å². The molecule has 0 aromatic rings. The minimum Gasteiger partial charge on any atom is -0.374 e. The summed E-state index contributed by atoms with van der Waals surface area (Å²) in [5.41, 5.74) is 0. The summed E-state index contributed by atoms with van der Waals surface area (Å²) in [6.07, 6.45) is 4.18. The van der Waals surface area contributed by atoms with Crippen LogP contribution in [-0.2, 0) is 4.74 Å². The molecule has 0 amide bonds. The van der Waals surface area contributed by atoms with E-state index in [-0.39, 0.29) is 0 Å². The Hall–Kier alpha value is -0.120. The van der Waals surface area contributed by atoms with Crippen LogP contribution in [0.1, 0.15) is 33.1 Å². The quantitative estimate of drug-likeness (QED) is 0.725. The topological polar surface area (TPSA) is 24.5 Å². The van der Waals surface area contributed by atoms with Gasteiger partial charge < -0.3 is 15.0 Å². The van der Waals surface area contributed by atoms with Gasteiger partial charge >= 0.3 is 0 Å². The van der Waals surface area contributed by atoms with E-state index in [4.69, 9.17) is 4.74 Å². The molecular formula is C12H26N2O. The van der Waals surface area contributed by atoms with Crippen molar-refractivity contribution >= 4 is 0 Å². The van der Waals surface area contributed by atoms with Crippen LogP contribution in [0.25, 0.3) is 0 Å². The average molecular weight is 214 g/mol. The molecule has 3 heteroatoms.